The van der Waals surface area contributed by atoms with Gasteiger partial charge in [-0.15, -0.1) is 0 Å². The minimum atomic E-state index is -0.174. The molecule has 4 nitrogen and oxygen atoms in total. The quantitative estimate of drug-likeness (QED) is 0.814. The van der Waals surface area contributed by atoms with Crippen LogP contribution >= 0.6 is 23.2 Å². The highest BCUT2D eigenvalue weighted by Crippen LogP contribution is 2.17. The molecule has 2 heterocycles. The van der Waals surface area contributed by atoms with Crippen LogP contribution in [0.15, 0.2) is 28.9 Å². The molecule has 19 heavy (non-hydrogen) atoms. The standard InChI is InChI=1S/C13H12Cl2N2O2/c1-8-9(3-4-19-8)7-17(2)13(18)10-5-11(14)16-12(15)6-10/h3-6H,7H2,1-2H3. The van der Waals surface area contributed by atoms with Crippen molar-refractivity contribution in [3.63, 3.8) is 0 Å². The Hall–Kier alpha value is -1.52. The second-order valence-corrected chi connectivity index (χ2v) is 4.94. The van der Waals surface area contributed by atoms with Gasteiger partial charge in [0, 0.05) is 24.7 Å². The van der Waals surface area contributed by atoms with Crippen molar-refractivity contribution in [2.75, 3.05) is 7.05 Å². The first-order valence-electron chi connectivity index (χ1n) is 5.59. The highest BCUT2D eigenvalue weighted by molar-refractivity contribution is 6.33. The van der Waals surface area contributed by atoms with Crippen molar-refractivity contribution in [3.8, 4) is 0 Å². The summed E-state index contributed by atoms with van der Waals surface area (Å²) in [6.07, 6.45) is 1.60. The molecule has 0 aromatic carbocycles. The lowest BCUT2D eigenvalue weighted by atomic mass is 10.2. The molecule has 0 aliphatic carbocycles. The third-order valence-electron chi connectivity index (χ3n) is 2.73. The summed E-state index contributed by atoms with van der Waals surface area (Å²) in [5, 5.41) is 0.396. The molecule has 0 spiro atoms. The predicted molar refractivity (Wildman–Crippen MR) is 73.5 cm³/mol. The number of furan rings is 1. The zero-order chi connectivity index (χ0) is 14.0. The average molecular weight is 299 g/mol. The lowest BCUT2D eigenvalue weighted by molar-refractivity contribution is 0.0784. The van der Waals surface area contributed by atoms with Crippen LogP contribution in [0.5, 0.6) is 0 Å². The van der Waals surface area contributed by atoms with Gasteiger partial charge in [0.15, 0.2) is 0 Å². The molecule has 0 atom stereocenters. The second kappa shape index (κ2) is 5.63. The fourth-order valence-corrected chi connectivity index (χ4v) is 2.17. The SMILES string of the molecule is Cc1occc1CN(C)C(=O)c1cc(Cl)nc(Cl)c1. The van der Waals surface area contributed by atoms with Gasteiger partial charge in [-0.1, -0.05) is 23.2 Å². The molecule has 2 aromatic rings. The molecule has 0 N–H and O–H groups in total. The number of aryl methyl sites for hydroxylation is 1. The fraction of sp³-hybridized carbons (Fsp3) is 0.231. The molecule has 0 radical (unpaired) electrons. The summed E-state index contributed by atoms with van der Waals surface area (Å²) in [7, 11) is 1.71. The number of aromatic nitrogens is 1. The molecule has 0 saturated heterocycles. The van der Waals surface area contributed by atoms with Crippen molar-refractivity contribution in [3.05, 3.63) is 51.7 Å². The van der Waals surface area contributed by atoms with Crippen molar-refractivity contribution in [1.29, 1.82) is 0 Å². The Labute approximate surface area is 120 Å². The van der Waals surface area contributed by atoms with E-state index in [2.05, 4.69) is 4.98 Å². The summed E-state index contributed by atoms with van der Waals surface area (Å²) >= 11 is 11.6. The van der Waals surface area contributed by atoms with Crippen molar-refractivity contribution in [1.82, 2.24) is 9.88 Å². The van der Waals surface area contributed by atoms with E-state index in [1.54, 1.807) is 18.2 Å². The monoisotopic (exact) mass is 298 g/mol. The highest BCUT2D eigenvalue weighted by Gasteiger charge is 2.15. The molecule has 0 aliphatic rings. The van der Waals surface area contributed by atoms with Gasteiger partial charge in [-0.2, -0.15) is 0 Å². The van der Waals surface area contributed by atoms with Crippen molar-refractivity contribution in [2.45, 2.75) is 13.5 Å². The first-order chi connectivity index (χ1) is 8.97. The van der Waals surface area contributed by atoms with Crippen LogP contribution in [0.3, 0.4) is 0 Å². The summed E-state index contributed by atoms with van der Waals surface area (Å²) < 4.78 is 5.20. The van der Waals surface area contributed by atoms with Crippen LogP contribution in [0.1, 0.15) is 21.7 Å². The number of amides is 1. The van der Waals surface area contributed by atoms with Gasteiger partial charge >= 0.3 is 0 Å². The zero-order valence-electron chi connectivity index (χ0n) is 10.5. The van der Waals surface area contributed by atoms with Gasteiger partial charge in [0.2, 0.25) is 0 Å². The van der Waals surface area contributed by atoms with Gasteiger partial charge in [-0.05, 0) is 25.1 Å². The second-order valence-electron chi connectivity index (χ2n) is 4.16. The van der Waals surface area contributed by atoms with Crippen molar-refractivity contribution in [2.24, 2.45) is 0 Å². The first kappa shape index (κ1) is 13.9. The largest absolute Gasteiger partial charge is 0.469 e. The summed E-state index contributed by atoms with van der Waals surface area (Å²) in [6.45, 7) is 2.31. The van der Waals surface area contributed by atoms with Crippen molar-refractivity contribution >= 4 is 29.1 Å². The van der Waals surface area contributed by atoms with E-state index in [0.717, 1.165) is 11.3 Å². The smallest absolute Gasteiger partial charge is 0.254 e. The van der Waals surface area contributed by atoms with Gasteiger partial charge in [0.05, 0.1) is 6.26 Å². The predicted octanol–water partition coefficient (Wildman–Crippen LogP) is 3.56. The van der Waals surface area contributed by atoms with Gasteiger partial charge in [0.25, 0.3) is 5.91 Å². The molecule has 0 aliphatic heterocycles. The molecule has 2 rings (SSSR count). The third kappa shape index (κ3) is 3.28. The van der Waals surface area contributed by atoms with Crippen LogP contribution < -0.4 is 0 Å². The number of pyridine rings is 1. The number of hydrogen-bond donors (Lipinski definition) is 0. The number of carbonyl (C=O) groups is 1. The Morgan fingerprint density at radius 1 is 1.37 bits per heavy atom. The van der Waals surface area contributed by atoms with Crippen LogP contribution in [0, 0.1) is 6.92 Å². The highest BCUT2D eigenvalue weighted by atomic mass is 35.5. The summed E-state index contributed by atoms with van der Waals surface area (Å²) in [5.74, 6) is 0.622. The maximum Gasteiger partial charge on any atom is 0.254 e. The van der Waals surface area contributed by atoms with Crippen LogP contribution in [-0.4, -0.2) is 22.8 Å². The fourth-order valence-electron chi connectivity index (χ4n) is 1.71. The van der Waals surface area contributed by atoms with E-state index >= 15 is 0 Å². The van der Waals surface area contributed by atoms with Crippen LogP contribution in [0.4, 0.5) is 0 Å². The molecular weight excluding hydrogens is 287 g/mol. The molecule has 100 valence electrons. The van der Waals surface area contributed by atoms with Crippen LogP contribution in [0.25, 0.3) is 0 Å². The summed E-state index contributed by atoms with van der Waals surface area (Å²) in [6, 6.07) is 4.83. The molecular formula is C13H12Cl2N2O2. The van der Waals surface area contributed by atoms with E-state index in [0.29, 0.717) is 12.1 Å². The van der Waals surface area contributed by atoms with Gasteiger partial charge in [0.1, 0.15) is 16.1 Å². The number of rotatable bonds is 3. The molecule has 2 aromatic heterocycles. The topological polar surface area (TPSA) is 46.3 Å². The minimum Gasteiger partial charge on any atom is -0.469 e. The lowest BCUT2D eigenvalue weighted by Crippen LogP contribution is -2.26. The van der Waals surface area contributed by atoms with Gasteiger partial charge < -0.3 is 9.32 Å². The first-order valence-corrected chi connectivity index (χ1v) is 6.34. The van der Waals surface area contributed by atoms with E-state index in [-0.39, 0.29) is 16.2 Å². The van der Waals surface area contributed by atoms with E-state index < -0.39 is 0 Å². The number of halogens is 2. The Bertz CT molecular complexity index is 590. The Balaban J connectivity index is 2.17. The molecule has 6 heteroatoms. The number of carbonyl (C=O) groups excluding carboxylic acids is 1. The number of nitrogens with zero attached hydrogens (tertiary/aromatic N) is 2. The normalized spacial score (nSPS) is 10.5. The maximum atomic E-state index is 12.2. The average Bonchev–Trinajstić information content (AvgIpc) is 2.72. The van der Waals surface area contributed by atoms with Crippen molar-refractivity contribution < 1.29 is 9.21 Å². The van der Waals surface area contributed by atoms with Gasteiger partial charge in [-0.25, -0.2) is 4.98 Å². The Morgan fingerprint density at radius 2 is 2.00 bits per heavy atom. The maximum absolute atomic E-state index is 12.2. The lowest BCUT2D eigenvalue weighted by Gasteiger charge is -2.17. The molecule has 0 bridgehead atoms. The molecule has 1 amide bonds. The Kier molecular flexibility index (Phi) is 4.12. The molecule has 0 unspecified atom stereocenters. The van der Waals surface area contributed by atoms with Crippen LogP contribution in [0.2, 0.25) is 10.3 Å². The third-order valence-corrected chi connectivity index (χ3v) is 3.12. The Morgan fingerprint density at radius 3 is 2.53 bits per heavy atom. The molecule has 0 fully saturated rings. The van der Waals surface area contributed by atoms with Crippen LogP contribution in [-0.2, 0) is 6.54 Å². The van der Waals surface area contributed by atoms with E-state index in [4.69, 9.17) is 27.6 Å². The zero-order valence-corrected chi connectivity index (χ0v) is 12.0. The van der Waals surface area contributed by atoms with Gasteiger partial charge in [-0.3, -0.25) is 4.79 Å². The van der Waals surface area contributed by atoms with E-state index in [9.17, 15) is 4.79 Å². The summed E-state index contributed by atoms with van der Waals surface area (Å²) in [5.41, 5.74) is 1.37. The molecule has 0 saturated carbocycles. The minimum absolute atomic E-state index is 0.174. The van der Waals surface area contributed by atoms with E-state index in [1.165, 1.54) is 12.1 Å². The van der Waals surface area contributed by atoms with E-state index in [1.807, 2.05) is 13.0 Å². The number of hydrogen-bond acceptors (Lipinski definition) is 3. The summed E-state index contributed by atoms with van der Waals surface area (Å²) in [4.78, 5) is 17.6.